The van der Waals surface area contributed by atoms with Gasteiger partial charge in [-0.3, -0.25) is 4.79 Å². The molecule has 0 unspecified atom stereocenters. The molecule has 1 fully saturated rings. The van der Waals surface area contributed by atoms with Gasteiger partial charge >= 0.3 is 0 Å². The van der Waals surface area contributed by atoms with Crippen molar-refractivity contribution in [1.29, 1.82) is 0 Å². The molecule has 1 aromatic carbocycles. The number of hydrogen-bond acceptors (Lipinski definition) is 2. The average Bonchev–Trinajstić information content (AvgIpc) is 2.41. The number of rotatable bonds is 3. The van der Waals surface area contributed by atoms with Crippen LogP contribution in [0.4, 0.5) is 8.78 Å². The molecular weight excluding hydrogens is 262 g/mol. The maximum atomic E-state index is 13.8. The van der Waals surface area contributed by atoms with Crippen LogP contribution < -0.4 is 0 Å². The lowest BCUT2D eigenvalue weighted by molar-refractivity contribution is -0.0385. The quantitative estimate of drug-likeness (QED) is 0.779. The molecule has 0 aromatic heterocycles. The molecule has 0 atom stereocenters. The molecule has 0 N–H and O–H groups in total. The molecule has 1 saturated carbocycles. The van der Waals surface area contributed by atoms with E-state index in [0.717, 1.165) is 31.0 Å². The molecule has 0 heterocycles. The Bertz CT molecular complexity index is 513. The van der Waals surface area contributed by atoms with Crippen molar-refractivity contribution in [2.75, 3.05) is 7.11 Å². The van der Waals surface area contributed by atoms with Gasteiger partial charge in [-0.25, -0.2) is 8.78 Å². The van der Waals surface area contributed by atoms with Crippen molar-refractivity contribution in [1.82, 2.24) is 0 Å². The molecule has 110 valence electrons. The van der Waals surface area contributed by atoms with E-state index in [2.05, 4.69) is 13.8 Å². The fourth-order valence-corrected chi connectivity index (χ4v) is 2.77. The highest BCUT2D eigenvalue weighted by molar-refractivity contribution is 6.02. The molecule has 1 aromatic rings. The molecule has 0 aliphatic heterocycles. The van der Waals surface area contributed by atoms with Crippen LogP contribution in [-0.4, -0.2) is 18.5 Å². The predicted molar refractivity (Wildman–Crippen MR) is 72.7 cm³/mol. The summed E-state index contributed by atoms with van der Waals surface area (Å²) in [5.74, 6) is -1.76. The smallest absolute Gasteiger partial charge is 0.197 e. The summed E-state index contributed by atoms with van der Waals surface area (Å²) in [4.78, 5) is 12.6. The van der Waals surface area contributed by atoms with Gasteiger partial charge in [-0.15, -0.1) is 0 Å². The second-order valence-electron chi connectivity index (χ2n) is 6.32. The van der Waals surface area contributed by atoms with E-state index in [4.69, 9.17) is 4.74 Å². The molecule has 20 heavy (non-hydrogen) atoms. The lowest BCUT2D eigenvalue weighted by Gasteiger charge is -2.41. The number of halogens is 2. The van der Waals surface area contributed by atoms with Gasteiger partial charge in [0.05, 0.1) is 5.56 Å². The van der Waals surface area contributed by atoms with E-state index in [0.29, 0.717) is 12.8 Å². The van der Waals surface area contributed by atoms with Crippen molar-refractivity contribution in [3.63, 3.8) is 0 Å². The molecule has 2 nitrogen and oxygen atoms in total. The monoisotopic (exact) mass is 282 g/mol. The number of Topliss-reactive ketones (excluding diaryl/α,β-unsaturated/α-hetero) is 1. The third kappa shape index (κ3) is 2.75. The van der Waals surface area contributed by atoms with Gasteiger partial charge in [0.2, 0.25) is 0 Å². The summed E-state index contributed by atoms with van der Waals surface area (Å²) in [6.07, 6.45) is 2.71. The Morgan fingerprint density at radius 2 is 1.75 bits per heavy atom. The molecule has 0 amide bonds. The zero-order chi connectivity index (χ0) is 15.0. The normalized spacial score (nSPS) is 20.6. The Morgan fingerprint density at radius 3 is 2.30 bits per heavy atom. The Labute approximate surface area is 118 Å². The minimum atomic E-state index is -1.02. The van der Waals surface area contributed by atoms with Crippen LogP contribution in [0.3, 0.4) is 0 Å². The van der Waals surface area contributed by atoms with Gasteiger partial charge in [-0.05, 0) is 49.3 Å². The van der Waals surface area contributed by atoms with E-state index in [9.17, 15) is 13.6 Å². The number of methoxy groups -OCH3 is 1. The fraction of sp³-hybridized carbons (Fsp3) is 0.562. The molecular formula is C16H20F2O2. The van der Waals surface area contributed by atoms with Crippen molar-refractivity contribution in [3.05, 3.63) is 35.4 Å². The highest BCUT2D eigenvalue weighted by Crippen LogP contribution is 2.43. The minimum Gasteiger partial charge on any atom is -0.370 e. The van der Waals surface area contributed by atoms with Crippen LogP contribution in [-0.2, 0) is 4.74 Å². The van der Waals surface area contributed by atoms with Crippen molar-refractivity contribution in [2.45, 2.75) is 45.1 Å². The summed E-state index contributed by atoms with van der Waals surface area (Å²) in [5.41, 5.74) is -1.08. The third-order valence-corrected chi connectivity index (χ3v) is 4.39. The highest BCUT2D eigenvalue weighted by Gasteiger charge is 2.45. The summed E-state index contributed by atoms with van der Waals surface area (Å²) in [6.45, 7) is 4.28. The summed E-state index contributed by atoms with van der Waals surface area (Å²) in [7, 11) is 1.47. The van der Waals surface area contributed by atoms with Crippen molar-refractivity contribution >= 4 is 5.78 Å². The van der Waals surface area contributed by atoms with Crippen LogP contribution in [0.15, 0.2) is 18.2 Å². The first-order chi connectivity index (χ1) is 9.30. The zero-order valence-electron chi connectivity index (χ0n) is 12.1. The molecule has 2 rings (SSSR count). The summed E-state index contributed by atoms with van der Waals surface area (Å²) < 4.78 is 32.5. The van der Waals surface area contributed by atoms with Gasteiger partial charge in [0.25, 0.3) is 0 Å². The lowest BCUT2D eigenvalue weighted by atomic mass is 9.68. The standard InChI is InChI=1S/C16H20F2O2/c1-15(2)6-8-16(20-3,9-7-15)14(19)12-10-11(17)4-5-13(12)18/h4-5,10H,6-9H2,1-3H3. The Hall–Kier alpha value is -1.29. The van der Waals surface area contributed by atoms with E-state index in [-0.39, 0.29) is 11.0 Å². The molecule has 1 aliphatic carbocycles. The average molecular weight is 282 g/mol. The molecule has 4 heteroatoms. The van der Waals surface area contributed by atoms with Crippen LogP contribution in [0.1, 0.15) is 49.9 Å². The van der Waals surface area contributed by atoms with Crippen molar-refractivity contribution in [2.24, 2.45) is 5.41 Å². The SMILES string of the molecule is COC1(C(=O)c2cc(F)ccc2F)CCC(C)(C)CC1. The number of carbonyl (C=O) groups excluding carboxylic acids is 1. The van der Waals surface area contributed by atoms with Crippen LogP contribution in [0.25, 0.3) is 0 Å². The molecule has 0 saturated heterocycles. The van der Waals surface area contributed by atoms with Crippen molar-refractivity contribution < 1.29 is 18.3 Å². The topological polar surface area (TPSA) is 26.3 Å². The van der Waals surface area contributed by atoms with E-state index >= 15 is 0 Å². The molecule has 1 aliphatic rings. The Balaban J connectivity index is 2.32. The van der Waals surface area contributed by atoms with Gasteiger partial charge in [-0.2, -0.15) is 0 Å². The van der Waals surface area contributed by atoms with Gasteiger partial charge in [0, 0.05) is 7.11 Å². The zero-order valence-corrected chi connectivity index (χ0v) is 12.1. The number of ketones is 1. The Kier molecular flexibility index (Phi) is 3.96. The van der Waals surface area contributed by atoms with Crippen LogP contribution in [0.5, 0.6) is 0 Å². The highest BCUT2D eigenvalue weighted by atomic mass is 19.1. The van der Waals surface area contributed by atoms with E-state index in [1.807, 2.05) is 0 Å². The number of hydrogen-bond donors (Lipinski definition) is 0. The number of carbonyl (C=O) groups is 1. The van der Waals surface area contributed by atoms with Gasteiger partial charge in [0.15, 0.2) is 5.78 Å². The summed E-state index contributed by atoms with van der Waals surface area (Å²) in [5, 5.41) is 0. The van der Waals surface area contributed by atoms with E-state index < -0.39 is 23.0 Å². The number of benzene rings is 1. The predicted octanol–water partition coefficient (Wildman–Crippen LogP) is 4.13. The first-order valence-corrected chi connectivity index (χ1v) is 6.85. The molecule has 0 radical (unpaired) electrons. The molecule has 0 bridgehead atoms. The first-order valence-electron chi connectivity index (χ1n) is 6.85. The maximum Gasteiger partial charge on any atom is 0.197 e. The van der Waals surface area contributed by atoms with Crippen LogP contribution >= 0.6 is 0 Å². The second-order valence-corrected chi connectivity index (χ2v) is 6.32. The van der Waals surface area contributed by atoms with Crippen LogP contribution in [0.2, 0.25) is 0 Å². The van der Waals surface area contributed by atoms with E-state index in [1.165, 1.54) is 7.11 Å². The summed E-state index contributed by atoms with van der Waals surface area (Å²) in [6, 6.07) is 2.95. The lowest BCUT2D eigenvalue weighted by Crippen LogP contribution is -2.46. The van der Waals surface area contributed by atoms with Gasteiger partial charge in [-0.1, -0.05) is 13.8 Å². The van der Waals surface area contributed by atoms with Crippen molar-refractivity contribution in [3.8, 4) is 0 Å². The second kappa shape index (κ2) is 5.24. The Morgan fingerprint density at radius 1 is 1.15 bits per heavy atom. The van der Waals surface area contributed by atoms with Gasteiger partial charge < -0.3 is 4.74 Å². The molecule has 0 spiro atoms. The fourth-order valence-electron chi connectivity index (χ4n) is 2.77. The summed E-state index contributed by atoms with van der Waals surface area (Å²) >= 11 is 0. The minimum absolute atomic E-state index is 0.156. The maximum absolute atomic E-state index is 13.8. The largest absolute Gasteiger partial charge is 0.370 e. The third-order valence-electron chi connectivity index (χ3n) is 4.39. The number of ether oxygens (including phenoxy) is 1. The van der Waals surface area contributed by atoms with Gasteiger partial charge in [0.1, 0.15) is 17.2 Å². The van der Waals surface area contributed by atoms with E-state index in [1.54, 1.807) is 0 Å². The first kappa shape index (κ1) is 15.1. The van der Waals surface area contributed by atoms with Crippen LogP contribution in [0, 0.1) is 17.0 Å².